The summed E-state index contributed by atoms with van der Waals surface area (Å²) in [6.07, 6.45) is 6.16. The van der Waals surface area contributed by atoms with Crippen LogP contribution in [0.25, 0.3) is 0 Å². The van der Waals surface area contributed by atoms with Crippen molar-refractivity contribution in [1.82, 2.24) is 4.90 Å². The van der Waals surface area contributed by atoms with Crippen LogP contribution in [-0.4, -0.2) is 30.8 Å². The fraction of sp³-hybridized carbons (Fsp3) is 0.700. The molecule has 1 rings (SSSR count). The highest BCUT2D eigenvalue weighted by Crippen LogP contribution is 2.16. The number of likely N-dealkylation sites (tertiary alicyclic amines) is 1. The van der Waals surface area contributed by atoms with Crippen molar-refractivity contribution in [3.8, 4) is 0 Å². The van der Waals surface area contributed by atoms with E-state index in [2.05, 4.69) is 18.0 Å². The molecule has 1 heterocycles. The van der Waals surface area contributed by atoms with E-state index in [9.17, 15) is 4.79 Å². The van der Waals surface area contributed by atoms with Gasteiger partial charge in [-0.1, -0.05) is 6.08 Å². The number of hydrogen-bond acceptors (Lipinski definition) is 2. The van der Waals surface area contributed by atoms with E-state index in [-0.39, 0.29) is 5.78 Å². The first-order chi connectivity index (χ1) is 5.68. The van der Waals surface area contributed by atoms with Gasteiger partial charge in [0.1, 0.15) is 0 Å². The van der Waals surface area contributed by atoms with Gasteiger partial charge in [0.15, 0.2) is 5.78 Å². The minimum absolute atomic E-state index is 0.161. The molecule has 0 amide bonds. The van der Waals surface area contributed by atoms with Gasteiger partial charge in [0, 0.05) is 0 Å². The SMILES string of the molecule is CC(=O)/C=C/C1CCN(C)CC1. The number of piperidine rings is 1. The fourth-order valence-corrected chi connectivity index (χ4v) is 1.49. The number of allylic oxidation sites excluding steroid dienone is 2. The standard InChI is InChI=1S/C10H17NO/c1-9(12)3-4-10-5-7-11(2)8-6-10/h3-4,10H,5-8H2,1-2H3/b4-3+. The second-order valence-electron chi connectivity index (χ2n) is 3.61. The molecule has 0 saturated carbocycles. The van der Waals surface area contributed by atoms with E-state index in [0.29, 0.717) is 5.92 Å². The van der Waals surface area contributed by atoms with Gasteiger partial charge < -0.3 is 4.90 Å². The van der Waals surface area contributed by atoms with Crippen LogP contribution in [0.4, 0.5) is 0 Å². The molecule has 0 aromatic heterocycles. The molecule has 0 aromatic carbocycles. The minimum atomic E-state index is 0.161. The Hall–Kier alpha value is -0.630. The zero-order valence-corrected chi connectivity index (χ0v) is 7.92. The van der Waals surface area contributed by atoms with Crippen molar-refractivity contribution >= 4 is 5.78 Å². The smallest absolute Gasteiger partial charge is 0.152 e. The predicted molar refractivity (Wildman–Crippen MR) is 50.0 cm³/mol. The normalized spacial score (nSPS) is 21.8. The molecule has 12 heavy (non-hydrogen) atoms. The molecule has 0 unspecified atom stereocenters. The molecule has 0 radical (unpaired) electrons. The Labute approximate surface area is 74.2 Å². The summed E-state index contributed by atoms with van der Waals surface area (Å²) >= 11 is 0. The highest BCUT2D eigenvalue weighted by Gasteiger charge is 2.13. The first kappa shape index (κ1) is 9.46. The molecule has 0 atom stereocenters. The Kier molecular flexibility index (Phi) is 3.48. The second-order valence-corrected chi connectivity index (χ2v) is 3.61. The summed E-state index contributed by atoms with van der Waals surface area (Å²) in [7, 11) is 2.14. The van der Waals surface area contributed by atoms with E-state index in [4.69, 9.17) is 0 Å². The summed E-state index contributed by atoms with van der Waals surface area (Å²) in [5, 5.41) is 0. The zero-order chi connectivity index (χ0) is 8.97. The summed E-state index contributed by atoms with van der Waals surface area (Å²) in [6.45, 7) is 3.92. The highest BCUT2D eigenvalue weighted by molar-refractivity contribution is 5.87. The molecule has 0 spiro atoms. The van der Waals surface area contributed by atoms with Crippen molar-refractivity contribution in [1.29, 1.82) is 0 Å². The summed E-state index contributed by atoms with van der Waals surface area (Å²) in [4.78, 5) is 13.0. The summed E-state index contributed by atoms with van der Waals surface area (Å²) in [5.74, 6) is 0.791. The summed E-state index contributed by atoms with van der Waals surface area (Å²) in [6, 6.07) is 0. The van der Waals surface area contributed by atoms with Crippen LogP contribution in [-0.2, 0) is 4.79 Å². The Bertz CT molecular complexity index is 178. The van der Waals surface area contributed by atoms with Crippen LogP contribution < -0.4 is 0 Å². The van der Waals surface area contributed by atoms with E-state index < -0.39 is 0 Å². The quantitative estimate of drug-likeness (QED) is 0.580. The van der Waals surface area contributed by atoms with Crippen molar-refractivity contribution in [2.45, 2.75) is 19.8 Å². The number of carbonyl (C=O) groups excluding carboxylic acids is 1. The van der Waals surface area contributed by atoms with Crippen LogP contribution >= 0.6 is 0 Å². The molecule has 0 aromatic rings. The average molecular weight is 167 g/mol. The van der Waals surface area contributed by atoms with Gasteiger partial charge in [-0.25, -0.2) is 0 Å². The van der Waals surface area contributed by atoms with E-state index in [0.717, 1.165) is 13.1 Å². The Balaban J connectivity index is 2.30. The topological polar surface area (TPSA) is 20.3 Å². The second kappa shape index (κ2) is 4.41. The van der Waals surface area contributed by atoms with Gasteiger partial charge in [0.2, 0.25) is 0 Å². The molecule has 1 fully saturated rings. The van der Waals surface area contributed by atoms with Crippen LogP contribution in [0.15, 0.2) is 12.2 Å². The number of ketones is 1. The maximum absolute atomic E-state index is 10.7. The molecule has 0 aliphatic carbocycles. The van der Waals surface area contributed by atoms with E-state index in [1.165, 1.54) is 12.8 Å². The third-order valence-corrected chi connectivity index (χ3v) is 2.37. The number of nitrogens with zero attached hydrogens (tertiary/aromatic N) is 1. The maximum Gasteiger partial charge on any atom is 0.152 e. The van der Waals surface area contributed by atoms with Gasteiger partial charge >= 0.3 is 0 Å². The highest BCUT2D eigenvalue weighted by atomic mass is 16.1. The predicted octanol–water partition coefficient (Wildman–Crippen LogP) is 1.47. The molecule has 1 aliphatic rings. The van der Waals surface area contributed by atoms with Crippen LogP contribution in [0.2, 0.25) is 0 Å². The zero-order valence-electron chi connectivity index (χ0n) is 7.92. The lowest BCUT2D eigenvalue weighted by atomic mass is 9.96. The van der Waals surface area contributed by atoms with Gasteiger partial charge in [0.25, 0.3) is 0 Å². The maximum atomic E-state index is 10.7. The first-order valence-corrected chi connectivity index (χ1v) is 4.56. The molecule has 2 heteroatoms. The van der Waals surface area contributed by atoms with Crippen LogP contribution in [0, 0.1) is 5.92 Å². The first-order valence-electron chi connectivity index (χ1n) is 4.56. The Morgan fingerprint density at radius 2 is 2.00 bits per heavy atom. The minimum Gasteiger partial charge on any atom is -0.306 e. The van der Waals surface area contributed by atoms with E-state index >= 15 is 0 Å². The third kappa shape index (κ3) is 3.18. The summed E-state index contributed by atoms with van der Waals surface area (Å²) in [5.41, 5.74) is 0. The average Bonchev–Trinajstić information content (AvgIpc) is 2.03. The monoisotopic (exact) mass is 167 g/mol. The number of hydrogen-bond donors (Lipinski definition) is 0. The van der Waals surface area contributed by atoms with Gasteiger partial charge in [0.05, 0.1) is 0 Å². The summed E-state index contributed by atoms with van der Waals surface area (Å²) < 4.78 is 0. The molecule has 68 valence electrons. The van der Waals surface area contributed by atoms with Gasteiger partial charge in [-0.3, -0.25) is 4.79 Å². The van der Waals surface area contributed by atoms with Crippen molar-refractivity contribution in [2.24, 2.45) is 5.92 Å². The van der Waals surface area contributed by atoms with Gasteiger partial charge in [-0.05, 0) is 51.9 Å². The molecule has 0 bridgehead atoms. The lowest BCUT2D eigenvalue weighted by molar-refractivity contribution is -0.112. The van der Waals surface area contributed by atoms with Gasteiger partial charge in [-0.15, -0.1) is 0 Å². The molecule has 1 aliphatic heterocycles. The molecule has 1 saturated heterocycles. The molecular formula is C10H17NO. The van der Waals surface area contributed by atoms with Crippen LogP contribution in [0.1, 0.15) is 19.8 Å². The van der Waals surface area contributed by atoms with E-state index in [1.54, 1.807) is 13.0 Å². The molecule has 2 nitrogen and oxygen atoms in total. The molecular weight excluding hydrogens is 150 g/mol. The van der Waals surface area contributed by atoms with Crippen molar-refractivity contribution in [3.05, 3.63) is 12.2 Å². The van der Waals surface area contributed by atoms with Crippen molar-refractivity contribution < 1.29 is 4.79 Å². The van der Waals surface area contributed by atoms with Gasteiger partial charge in [-0.2, -0.15) is 0 Å². The Morgan fingerprint density at radius 3 is 2.50 bits per heavy atom. The fourth-order valence-electron chi connectivity index (χ4n) is 1.49. The lowest BCUT2D eigenvalue weighted by Gasteiger charge is -2.26. The molecule has 0 N–H and O–H groups in total. The lowest BCUT2D eigenvalue weighted by Crippen LogP contribution is -2.29. The van der Waals surface area contributed by atoms with E-state index in [1.807, 2.05) is 0 Å². The largest absolute Gasteiger partial charge is 0.306 e. The third-order valence-electron chi connectivity index (χ3n) is 2.37. The van der Waals surface area contributed by atoms with Crippen LogP contribution in [0.3, 0.4) is 0 Å². The number of carbonyl (C=O) groups is 1. The number of rotatable bonds is 2. The Morgan fingerprint density at radius 1 is 1.42 bits per heavy atom. The van der Waals surface area contributed by atoms with Crippen molar-refractivity contribution in [3.63, 3.8) is 0 Å². The van der Waals surface area contributed by atoms with Crippen LogP contribution in [0.5, 0.6) is 0 Å². The van der Waals surface area contributed by atoms with Crippen molar-refractivity contribution in [2.75, 3.05) is 20.1 Å².